The van der Waals surface area contributed by atoms with Gasteiger partial charge in [0.2, 0.25) is 10.0 Å². The summed E-state index contributed by atoms with van der Waals surface area (Å²) < 4.78 is 71.8. The number of nitrogens with one attached hydrogen (secondary N) is 2. The summed E-state index contributed by atoms with van der Waals surface area (Å²) >= 11 is 0. The SMILES string of the molecule is CNS(=O)(=O)c1ccc(Nc2ccc(C(F)(F)F)cc2)c(C2N=NN(CCOCc3ccccc3)N2C)c1. The maximum Gasteiger partial charge on any atom is 0.416 e. The maximum atomic E-state index is 13.0. The van der Waals surface area contributed by atoms with Crippen molar-refractivity contribution in [1.29, 1.82) is 0 Å². The first-order chi connectivity index (χ1) is 18.1. The molecule has 0 bridgehead atoms. The molecular weight excluding hydrogens is 521 g/mol. The molecule has 3 aromatic rings. The molecule has 38 heavy (non-hydrogen) atoms. The summed E-state index contributed by atoms with van der Waals surface area (Å²) in [6.45, 7) is 1.22. The standard InChI is InChI=1S/C25H27F3N6O3S/c1-29-38(35,36)21-12-13-23(30-20-10-8-19(9-11-20)25(26,27)28)22(16-21)24-31-32-34(33(24)2)14-15-37-17-18-6-4-3-5-7-18/h3-13,16,24,29-30H,14-15,17H2,1-2H3. The first kappa shape index (κ1) is 27.5. The number of anilines is 2. The van der Waals surface area contributed by atoms with Crippen LogP contribution in [0.15, 0.2) is 88.0 Å². The Morgan fingerprint density at radius 2 is 1.74 bits per heavy atom. The third-order valence-corrected chi connectivity index (χ3v) is 7.31. The molecule has 1 aliphatic heterocycles. The number of sulfonamides is 1. The Labute approximate surface area is 218 Å². The molecule has 0 fully saturated rings. The van der Waals surface area contributed by atoms with Crippen molar-refractivity contribution in [2.75, 3.05) is 32.6 Å². The molecule has 0 aliphatic carbocycles. The van der Waals surface area contributed by atoms with Crippen LogP contribution in [0.1, 0.15) is 22.9 Å². The summed E-state index contributed by atoms with van der Waals surface area (Å²) in [5.41, 5.74) is 1.61. The number of nitrogens with zero attached hydrogens (tertiary/aromatic N) is 4. The van der Waals surface area contributed by atoms with Gasteiger partial charge in [-0.25, -0.2) is 18.3 Å². The third-order valence-electron chi connectivity index (χ3n) is 5.90. The fourth-order valence-electron chi connectivity index (χ4n) is 3.80. The lowest BCUT2D eigenvalue weighted by molar-refractivity contribution is -0.137. The summed E-state index contributed by atoms with van der Waals surface area (Å²) in [5.74, 6) is 0. The van der Waals surface area contributed by atoms with Gasteiger partial charge in [-0.2, -0.15) is 18.2 Å². The Hall–Kier alpha value is -3.52. The van der Waals surface area contributed by atoms with Crippen LogP contribution in [0.2, 0.25) is 0 Å². The average molecular weight is 549 g/mol. The number of hydrogen-bond acceptors (Lipinski definition) is 8. The zero-order valence-electron chi connectivity index (χ0n) is 20.7. The van der Waals surface area contributed by atoms with E-state index in [0.29, 0.717) is 36.7 Å². The van der Waals surface area contributed by atoms with Crippen LogP contribution in [0.25, 0.3) is 0 Å². The molecule has 202 valence electrons. The van der Waals surface area contributed by atoms with Crippen molar-refractivity contribution in [3.8, 4) is 0 Å². The van der Waals surface area contributed by atoms with Gasteiger partial charge in [0.05, 0.1) is 30.2 Å². The molecule has 3 aromatic carbocycles. The fourth-order valence-corrected chi connectivity index (χ4v) is 4.57. The Balaban J connectivity index is 1.52. The van der Waals surface area contributed by atoms with Crippen LogP contribution in [0.4, 0.5) is 24.5 Å². The molecule has 9 nitrogen and oxygen atoms in total. The van der Waals surface area contributed by atoms with Gasteiger partial charge in [0.15, 0.2) is 6.17 Å². The van der Waals surface area contributed by atoms with Crippen molar-refractivity contribution >= 4 is 21.4 Å². The predicted molar refractivity (Wildman–Crippen MR) is 136 cm³/mol. The van der Waals surface area contributed by atoms with Gasteiger partial charge in [-0.05, 0) is 55.1 Å². The normalized spacial score (nSPS) is 16.2. The fraction of sp³-hybridized carbons (Fsp3) is 0.280. The molecule has 0 saturated heterocycles. The Bertz CT molecular complexity index is 1370. The second-order valence-corrected chi connectivity index (χ2v) is 10.3. The predicted octanol–water partition coefficient (Wildman–Crippen LogP) is 5.10. The molecule has 13 heteroatoms. The van der Waals surface area contributed by atoms with E-state index in [2.05, 4.69) is 20.4 Å². The van der Waals surface area contributed by atoms with E-state index >= 15 is 0 Å². The van der Waals surface area contributed by atoms with Crippen LogP contribution >= 0.6 is 0 Å². The third kappa shape index (κ3) is 6.48. The molecule has 0 aromatic heterocycles. The van der Waals surface area contributed by atoms with Gasteiger partial charge in [0.25, 0.3) is 0 Å². The monoisotopic (exact) mass is 548 g/mol. The van der Waals surface area contributed by atoms with Gasteiger partial charge in [-0.1, -0.05) is 35.6 Å². The highest BCUT2D eigenvalue weighted by molar-refractivity contribution is 7.89. The molecule has 0 radical (unpaired) electrons. The zero-order valence-corrected chi connectivity index (χ0v) is 21.5. The van der Waals surface area contributed by atoms with E-state index in [0.717, 1.165) is 17.7 Å². The number of hydrazine groups is 1. The van der Waals surface area contributed by atoms with Crippen LogP contribution in [-0.4, -0.2) is 45.8 Å². The Morgan fingerprint density at radius 3 is 2.39 bits per heavy atom. The molecule has 2 N–H and O–H groups in total. The van der Waals surface area contributed by atoms with Crippen LogP contribution < -0.4 is 10.0 Å². The minimum atomic E-state index is -4.45. The van der Waals surface area contributed by atoms with E-state index in [4.69, 9.17) is 4.74 Å². The van der Waals surface area contributed by atoms with Crippen LogP contribution in [0.3, 0.4) is 0 Å². The maximum absolute atomic E-state index is 13.0. The van der Waals surface area contributed by atoms with Gasteiger partial charge in [-0.15, -0.1) is 5.11 Å². The molecule has 0 amide bonds. The van der Waals surface area contributed by atoms with Crippen molar-refractivity contribution in [3.63, 3.8) is 0 Å². The summed E-state index contributed by atoms with van der Waals surface area (Å²) in [6.07, 6.45) is -5.14. The quantitative estimate of drug-likeness (QED) is 0.342. The molecule has 1 heterocycles. The Kier molecular flexibility index (Phi) is 8.31. The molecule has 4 rings (SSSR count). The molecule has 0 spiro atoms. The van der Waals surface area contributed by atoms with E-state index in [1.165, 1.54) is 31.3 Å². The lowest BCUT2D eigenvalue weighted by atomic mass is 10.1. The van der Waals surface area contributed by atoms with Gasteiger partial charge >= 0.3 is 6.18 Å². The topological polar surface area (TPSA) is 98.6 Å². The highest BCUT2D eigenvalue weighted by Gasteiger charge is 2.32. The largest absolute Gasteiger partial charge is 0.416 e. The number of ether oxygens (including phenoxy) is 1. The second-order valence-electron chi connectivity index (χ2n) is 8.44. The average Bonchev–Trinajstić information content (AvgIpc) is 3.27. The molecule has 1 aliphatic rings. The lowest BCUT2D eigenvalue weighted by Crippen LogP contribution is -2.36. The molecule has 1 unspecified atom stereocenters. The lowest BCUT2D eigenvalue weighted by Gasteiger charge is -2.27. The minimum Gasteiger partial charge on any atom is -0.375 e. The number of halogens is 3. The first-order valence-electron chi connectivity index (χ1n) is 11.6. The van der Waals surface area contributed by atoms with Crippen LogP contribution in [0, 0.1) is 0 Å². The first-order valence-corrected chi connectivity index (χ1v) is 13.1. The van der Waals surface area contributed by atoms with Crippen molar-refractivity contribution in [2.45, 2.75) is 23.8 Å². The van der Waals surface area contributed by atoms with E-state index < -0.39 is 27.9 Å². The number of alkyl halides is 3. The zero-order chi connectivity index (χ0) is 27.3. The van der Waals surface area contributed by atoms with Crippen molar-refractivity contribution in [2.24, 2.45) is 10.3 Å². The van der Waals surface area contributed by atoms with Crippen molar-refractivity contribution in [3.05, 3.63) is 89.5 Å². The van der Waals surface area contributed by atoms with E-state index in [1.807, 2.05) is 30.3 Å². The molecule has 1 atom stereocenters. The summed E-state index contributed by atoms with van der Waals surface area (Å²) in [5, 5.41) is 14.9. The van der Waals surface area contributed by atoms with Crippen LogP contribution in [0.5, 0.6) is 0 Å². The minimum absolute atomic E-state index is 0.0150. The van der Waals surface area contributed by atoms with Gasteiger partial charge < -0.3 is 10.1 Å². The number of hydrogen-bond donors (Lipinski definition) is 2. The molecular formula is C25H27F3N6O3S. The van der Waals surface area contributed by atoms with Gasteiger partial charge in [0.1, 0.15) is 0 Å². The van der Waals surface area contributed by atoms with Crippen LogP contribution in [-0.2, 0) is 27.5 Å². The smallest absolute Gasteiger partial charge is 0.375 e. The van der Waals surface area contributed by atoms with Gasteiger partial charge in [0, 0.05) is 24.0 Å². The summed E-state index contributed by atoms with van der Waals surface area (Å²) in [7, 11) is -0.703. The van der Waals surface area contributed by atoms with E-state index in [9.17, 15) is 21.6 Å². The second kappa shape index (κ2) is 11.5. The van der Waals surface area contributed by atoms with E-state index in [1.54, 1.807) is 23.2 Å². The highest BCUT2D eigenvalue weighted by atomic mass is 32.2. The van der Waals surface area contributed by atoms with Gasteiger partial charge in [-0.3, -0.25) is 0 Å². The number of rotatable bonds is 10. The number of benzene rings is 3. The van der Waals surface area contributed by atoms with Crippen molar-refractivity contribution < 1.29 is 26.3 Å². The summed E-state index contributed by atoms with van der Waals surface area (Å²) in [6, 6.07) is 18.7. The molecule has 0 saturated carbocycles. The highest BCUT2D eigenvalue weighted by Crippen LogP contribution is 2.37. The van der Waals surface area contributed by atoms with Crippen molar-refractivity contribution in [1.82, 2.24) is 14.8 Å². The van der Waals surface area contributed by atoms with E-state index in [-0.39, 0.29) is 4.90 Å². The Morgan fingerprint density at radius 1 is 1.03 bits per heavy atom. The summed E-state index contributed by atoms with van der Waals surface area (Å²) in [4.78, 5) is 0.0150.